The van der Waals surface area contributed by atoms with Crippen LogP contribution in [0.3, 0.4) is 0 Å². The van der Waals surface area contributed by atoms with Gasteiger partial charge in [0.25, 0.3) is 0 Å². The lowest BCUT2D eigenvalue weighted by molar-refractivity contribution is -0.166. The number of carbonyl (C=O) groups is 3. The predicted octanol–water partition coefficient (Wildman–Crippen LogP) is 17.6. The molecular weight excluding hydrogens is 841 g/mol. The number of allylic oxidation sites excluding steroid dienone is 28. The van der Waals surface area contributed by atoms with Gasteiger partial charge in [-0.3, -0.25) is 14.4 Å². The highest BCUT2D eigenvalue weighted by molar-refractivity contribution is 5.71. The number of rotatable bonds is 44. The van der Waals surface area contributed by atoms with Crippen LogP contribution in [0.2, 0.25) is 0 Å². The van der Waals surface area contributed by atoms with Crippen LogP contribution < -0.4 is 0 Å². The maximum Gasteiger partial charge on any atom is 0.306 e. The fourth-order valence-corrected chi connectivity index (χ4v) is 6.18. The smallest absolute Gasteiger partial charge is 0.306 e. The molecule has 0 rings (SSSR count). The summed E-state index contributed by atoms with van der Waals surface area (Å²) in [7, 11) is 0. The van der Waals surface area contributed by atoms with Gasteiger partial charge in [-0.2, -0.15) is 0 Å². The van der Waals surface area contributed by atoms with E-state index in [4.69, 9.17) is 14.2 Å². The van der Waals surface area contributed by atoms with Crippen LogP contribution >= 0.6 is 0 Å². The zero-order chi connectivity index (χ0) is 49.3. The molecule has 0 aromatic carbocycles. The second kappa shape index (κ2) is 54.4. The van der Waals surface area contributed by atoms with Gasteiger partial charge < -0.3 is 14.2 Å². The standard InChI is InChI=1S/C62H92O6/c1-4-7-10-13-16-19-22-25-27-29-31-33-35-37-40-43-46-49-52-55-61(64)67-58-59(57-66-60(63)54-51-48-45-42-39-24-21-18-15-12-9-6-3)68-62(65)56-53-50-47-44-41-38-36-34-32-30-28-26-23-20-17-14-11-8-5-2/h7-12,16-21,25-28,31-34,37-38,40-41,46-47,49-50,59H,4-6,13-15,22-24,29-30,35-36,39,42-45,48,51-58H2,1-3H3/b10-7-,11-8-,12-9-,19-16-,20-17-,21-18-,27-25-,28-26-,33-31-,34-32-,40-37-,41-38-,49-46-,50-47-. The molecular formula is C62H92O6. The molecule has 0 N–H and O–H groups in total. The van der Waals surface area contributed by atoms with E-state index in [1.807, 2.05) is 24.3 Å². The minimum absolute atomic E-state index is 0.148. The van der Waals surface area contributed by atoms with E-state index in [2.05, 4.69) is 167 Å². The van der Waals surface area contributed by atoms with Crippen LogP contribution in [0.25, 0.3) is 0 Å². The van der Waals surface area contributed by atoms with Gasteiger partial charge in [0.1, 0.15) is 13.2 Å². The topological polar surface area (TPSA) is 78.9 Å². The number of esters is 3. The maximum absolute atomic E-state index is 12.8. The van der Waals surface area contributed by atoms with E-state index in [1.54, 1.807) is 0 Å². The molecule has 6 heteroatoms. The Morgan fingerprint density at radius 2 is 0.559 bits per heavy atom. The van der Waals surface area contributed by atoms with Gasteiger partial charge in [-0.25, -0.2) is 0 Å². The summed E-state index contributed by atoms with van der Waals surface area (Å²) < 4.78 is 16.6. The number of ether oxygens (including phenoxy) is 3. The van der Waals surface area contributed by atoms with Crippen LogP contribution in [0.5, 0.6) is 0 Å². The zero-order valence-electron chi connectivity index (χ0n) is 42.8. The minimum Gasteiger partial charge on any atom is -0.462 e. The molecule has 0 saturated carbocycles. The zero-order valence-corrected chi connectivity index (χ0v) is 42.8. The highest BCUT2D eigenvalue weighted by atomic mass is 16.6. The summed E-state index contributed by atoms with van der Waals surface area (Å²) in [6, 6.07) is 0. The molecule has 0 heterocycles. The molecule has 0 fully saturated rings. The lowest BCUT2D eigenvalue weighted by Crippen LogP contribution is -2.30. The third-order valence-corrected chi connectivity index (χ3v) is 9.97. The first kappa shape index (κ1) is 62.8. The van der Waals surface area contributed by atoms with Crippen molar-refractivity contribution in [1.82, 2.24) is 0 Å². The van der Waals surface area contributed by atoms with Crippen molar-refractivity contribution in [3.05, 3.63) is 170 Å². The highest BCUT2D eigenvalue weighted by Crippen LogP contribution is 2.10. The van der Waals surface area contributed by atoms with Crippen molar-refractivity contribution in [3.8, 4) is 0 Å². The molecule has 0 aliphatic rings. The van der Waals surface area contributed by atoms with Gasteiger partial charge in [0.2, 0.25) is 0 Å². The molecule has 0 aliphatic carbocycles. The molecule has 0 aromatic heterocycles. The molecule has 1 atom stereocenters. The van der Waals surface area contributed by atoms with Gasteiger partial charge in [-0.1, -0.05) is 210 Å². The van der Waals surface area contributed by atoms with Gasteiger partial charge in [0.15, 0.2) is 6.10 Å². The van der Waals surface area contributed by atoms with Crippen molar-refractivity contribution in [2.45, 2.75) is 187 Å². The van der Waals surface area contributed by atoms with Crippen molar-refractivity contribution in [1.29, 1.82) is 0 Å². The Kier molecular flexibility index (Phi) is 50.2. The first-order valence-electron chi connectivity index (χ1n) is 26.1. The first-order chi connectivity index (χ1) is 33.5. The Labute approximate surface area is 415 Å². The van der Waals surface area contributed by atoms with Gasteiger partial charge in [-0.05, 0) is 122 Å². The summed E-state index contributed by atoms with van der Waals surface area (Å²) in [5, 5.41) is 0. The average molecular weight is 933 g/mol. The second-order valence-corrected chi connectivity index (χ2v) is 16.3. The Morgan fingerprint density at radius 1 is 0.294 bits per heavy atom. The van der Waals surface area contributed by atoms with Crippen LogP contribution in [0.15, 0.2) is 170 Å². The van der Waals surface area contributed by atoms with Crippen molar-refractivity contribution in [2.75, 3.05) is 13.2 Å². The summed E-state index contributed by atoms with van der Waals surface area (Å²) >= 11 is 0. The Bertz CT molecular complexity index is 1640. The summed E-state index contributed by atoms with van der Waals surface area (Å²) in [6.45, 7) is 6.12. The van der Waals surface area contributed by atoms with E-state index in [-0.39, 0.29) is 32.0 Å². The molecule has 0 aromatic rings. The van der Waals surface area contributed by atoms with E-state index in [9.17, 15) is 14.4 Å². The molecule has 0 radical (unpaired) electrons. The van der Waals surface area contributed by atoms with Crippen molar-refractivity contribution in [3.63, 3.8) is 0 Å². The normalized spacial score (nSPS) is 13.5. The van der Waals surface area contributed by atoms with E-state index in [1.165, 1.54) is 0 Å². The van der Waals surface area contributed by atoms with Crippen LogP contribution in [-0.4, -0.2) is 37.2 Å². The monoisotopic (exact) mass is 933 g/mol. The number of hydrogen-bond donors (Lipinski definition) is 0. The number of hydrogen-bond acceptors (Lipinski definition) is 6. The van der Waals surface area contributed by atoms with Gasteiger partial charge >= 0.3 is 17.9 Å². The second-order valence-electron chi connectivity index (χ2n) is 16.3. The lowest BCUT2D eigenvalue weighted by atomic mass is 10.1. The number of carbonyl (C=O) groups excluding carboxylic acids is 3. The quantitative estimate of drug-likeness (QED) is 0.0262. The van der Waals surface area contributed by atoms with E-state index in [0.717, 1.165) is 128 Å². The van der Waals surface area contributed by atoms with Gasteiger partial charge in [-0.15, -0.1) is 0 Å². The van der Waals surface area contributed by atoms with Crippen LogP contribution in [-0.2, 0) is 28.6 Å². The van der Waals surface area contributed by atoms with Crippen molar-refractivity contribution in [2.24, 2.45) is 0 Å². The summed E-state index contributed by atoms with van der Waals surface area (Å²) in [6.07, 6.45) is 80.8. The predicted molar refractivity (Wildman–Crippen MR) is 292 cm³/mol. The third kappa shape index (κ3) is 51.7. The average Bonchev–Trinajstić information content (AvgIpc) is 3.34. The molecule has 1 unspecified atom stereocenters. The molecule has 68 heavy (non-hydrogen) atoms. The Balaban J connectivity index is 4.67. The molecule has 0 spiro atoms. The number of unbranched alkanes of at least 4 members (excludes halogenated alkanes) is 5. The highest BCUT2D eigenvalue weighted by Gasteiger charge is 2.19. The van der Waals surface area contributed by atoms with Crippen molar-refractivity contribution < 1.29 is 28.6 Å². The molecule has 0 saturated heterocycles. The SMILES string of the molecule is CC/C=C\C/C=C\C/C=C\C/C=C\C/C=C\C/C=C\CCC(=O)OCC(COC(=O)CCCCCCC/C=C\C/C=C\CC)OC(=O)CC/C=C\C/C=C\C/C=C\C/C=C\C/C=C\C/C=C\CC. The molecule has 6 nitrogen and oxygen atoms in total. The largest absolute Gasteiger partial charge is 0.462 e. The van der Waals surface area contributed by atoms with Crippen molar-refractivity contribution >= 4 is 17.9 Å². The molecule has 0 amide bonds. The van der Waals surface area contributed by atoms with Crippen LogP contribution in [0.4, 0.5) is 0 Å². The lowest BCUT2D eigenvalue weighted by Gasteiger charge is -2.18. The Hall–Kier alpha value is -5.23. The summed E-state index contributed by atoms with van der Waals surface area (Å²) in [4.78, 5) is 37.9. The Morgan fingerprint density at radius 3 is 0.912 bits per heavy atom. The van der Waals surface area contributed by atoms with Gasteiger partial charge in [0.05, 0.1) is 0 Å². The van der Waals surface area contributed by atoms with E-state index < -0.39 is 18.0 Å². The molecule has 376 valence electrons. The third-order valence-electron chi connectivity index (χ3n) is 9.97. The van der Waals surface area contributed by atoms with Crippen LogP contribution in [0.1, 0.15) is 181 Å². The summed E-state index contributed by atoms with van der Waals surface area (Å²) in [5.41, 5.74) is 0. The fourth-order valence-electron chi connectivity index (χ4n) is 6.18. The van der Waals surface area contributed by atoms with Gasteiger partial charge in [0, 0.05) is 19.3 Å². The fraction of sp³-hybridized carbons (Fsp3) is 0.500. The van der Waals surface area contributed by atoms with Crippen LogP contribution in [0, 0.1) is 0 Å². The molecule has 0 bridgehead atoms. The summed E-state index contributed by atoms with van der Waals surface area (Å²) in [5.74, 6) is -1.15. The molecule has 0 aliphatic heterocycles. The minimum atomic E-state index is -0.864. The maximum atomic E-state index is 12.8. The first-order valence-corrected chi connectivity index (χ1v) is 26.1. The van der Waals surface area contributed by atoms with E-state index >= 15 is 0 Å². The van der Waals surface area contributed by atoms with E-state index in [0.29, 0.717) is 19.3 Å².